The highest BCUT2D eigenvalue weighted by Gasteiger charge is 2.36. The first kappa shape index (κ1) is 20.0. The lowest BCUT2D eigenvalue weighted by Gasteiger charge is -2.31. The molecule has 3 rings (SSSR count). The summed E-state index contributed by atoms with van der Waals surface area (Å²) in [6.07, 6.45) is 0.612. The van der Waals surface area contributed by atoms with Crippen LogP contribution in [0.1, 0.15) is 29.5 Å². The van der Waals surface area contributed by atoms with Crippen molar-refractivity contribution in [2.75, 3.05) is 13.1 Å². The molecule has 0 aliphatic carbocycles. The first-order chi connectivity index (χ1) is 12.6. The molecule has 7 heteroatoms. The fourth-order valence-corrected chi connectivity index (χ4v) is 7.52. The third kappa shape index (κ3) is 3.81. The first-order valence-corrected chi connectivity index (χ1v) is 12.0. The predicted octanol–water partition coefficient (Wildman–Crippen LogP) is 3.24. The van der Waals surface area contributed by atoms with Crippen molar-refractivity contribution in [2.45, 2.75) is 48.7 Å². The van der Waals surface area contributed by atoms with Gasteiger partial charge in [-0.05, 0) is 56.9 Å². The van der Waals surface area contributed by atoms with Crippen molar-refractivity contribution in [2.24, 2.45) is 0 Å². The Morgan fingerprint density at radius 2 is 1.37 bits per heavy atom. The summed E-state index contributed by atoms with van der Waals surface area (Å²) in [4.78, 5) is 0.647. The van der Waals surface area contributed by atoms with E-state index in [1.165, 1.54) is 4.31 Å². The van der Waals surface area contributed by atoms with Crippen LogP contribution in [0.4, 0.5) is 0 Å². The minimum Gasteiger partial charge on any atom is -0.223 e. The molecule has 5 nitrogen and oxygen atoms in total. The molecule has 2 aromatic carbocycles. The van der Waals surface area contributed by atoms with E-state index in [9.17, 15) is 16.8 Å². The van der Waals surface area contributed by atoms with Gasteiger partial charge in [-0.1, -0.05) is 35.9 Å². The van der Waals surface area contributed by atoms with Crippen LogP contribution in [0, 0.1) is 20.8 Å². The summed E-state index contributed by atoms with van der Waals surface area (Å²) in [6, 6.07) is 12.1. The van der Waals surface area contributed by atoms with E-state index >= 15 is 0 Å². The number of aryl methyl sites for hydroxylation is 3. The zero-order valence-corrected chi connectivity index (χ0v) is 17.5. The van der Waals surface area contributed by atoms with E-state index in [2.05, 4.69) is 0 Å². The van der Waals surface area contributed by atoms with Crippen molar-refractivity contribution in [3.05, 3.63) is 59.2 Å². The maximum atomic E-state index is 13.1. The van der Waals surface area contributed by atoms with Gasteiger partial charge in [0.15, 0.2) is 9.84 Å². The van der Waals surface area contributed by atoms with E-state index < -0.39 is 25.1 Å². The molecule has 0 unspecified atom stereocenters. The second kappa shape index (κ2) is 7.37. The second-order valence-corrected chi connectivity index (χ2v) is 11.3. The van der Waals surface area contributed by atoms with E-state index in [4.69, 9.17) is 0 Å². The highest BCUT2D eigenvalue weighted by molar-refractivity contribution is 7.92. The van der Waals surface area contributed by atoms with Gasteiger partial charge in [0.05, 0.1) is 15.0 Å². The zero-order chi connectivity index (χ0) is 19.8. The molecule has 1 saturated heterocycles. The van der Waals surface area contributed by atoms with E-state index in [0.717, 1.165) is 16.7 Å². The van der Waals surface area contributed by atoms with Gasteiger partial charge in [0.25, 0.3) is 0 Å². The van der Waals surface area contributed by atoms with Gasteiger partial charge in [0.1, 0.15) is 0 Å². The van der Waals surface area contributed by atoms with Gasteiger partial charge in [-0.3, -0.25) is 0 Å². The molecule has 0 atom stereocenters. The van der Waals surface area contributed by atoms with Gasteiger partial charge in [-0.15, -0.1) is 0 Å². The number of hydrogen-bond donors (Lipinski definition) is 0. The number of nitrogens with zero attached hydrogens (tertiary/aromatic N) is 1. The quantitative estimate of drug-likeness (QED) is 0.780. The Kier molecular flexibility index (Phi) is 5.47. The molecule has 1 aliphatic rings. The molecule has 0 amide bonds. The van der Waals surface area contributed by atoms with Gasteiger partial charge in [0, 0.05) is 13.1 Å². The van der Waals surface area contributed by atoms with Crippen LogP contribution >= 0.6 is 0 Å². The minimum absolute atomic E-state index is 0.214. The Morgan fingerprint density at radius 1 is 0.852 bits per heavy atom. The average Bonchev–Trinajstić information content (AvgIpc) is 2.61. The Bertz CT molecular complexity index is 1010. The standard InChI is InChI=1S/C20H25NO4S2/c1-15-13-16(2)20(17(3)14-15)27(24,25)21-11-9-19(10-12-21)26(22,23)18-7-5-4-6-8-18/h4-8,13-14,19H,9-12H2,1-3H3. The highest BCUT2D eigenvalue weighted by Crippen LogP contribution is 2.30. The molecule has 27 heavy (non-hydrogen) atoms. The van der Waals surface area contributed by atoms with Crippen molar-refractivity contribution in [3.63, 3.8) is 0 Å². The fraction of sp³-hybridized carbons (Fsp3) is 0.400. The molecule has 1 fully saturated rings. The van der Waals surface area contributed by atoms with Crippen molar-refractivity contribution in [1.82, 2.24) is 4.31 Å². The average molecular weight is 408 g/mol. The van der Waals surface area contributed by atoms with Gasteiger partial charge in [-0.25, -0.2) is 16.8 Å². The Morgan fingerprint density at radius 3 is 1.89 bits per heavy atom. The van der Waals surface area contributed by atoms with Crippen molar-refractivity contribution < 1.29 is 16.8 Å². The van der Waals surface area contributed by atoms with Gasteiger partial charge >= 0.3 is 0 Å². The van der Waals surface area contributed by atoms with Crippen LogP contribution < -0.4 is 0 Å². The third-order valence-corrected chi connectivity index (χ3v) is 9.60. The third-order valence-electron chi connectivity index (χ3n) is 5.11. The maximum Gasteiger partial charge on any atom is 0.243 e. The molecular formula is C20H25NO4S2. The van der Waals surface area contributed by atoms with E-state index in [-0.39, 0.29) is 13.1 Å². The predicted molar refractivity (Wildman–Crippen MR) is 106 cm³/mol. The molecule has 0 radical (unpaired) electrons. The van der Waals surface area contributed by atoms with Crippen LogP contribution in [0.15, 0.2) is 52.3 Å². The number of sulfone groups is 1. The molecule has 146 valence electrons. The molecule has 1 heterocycles. The summed E-state index contributed by atoms with van der Waals surface area (Å²) in [7, 11) is -7.07. The normalized spacial score (nSPS) is 17.1. The SMILES string of the molecule is Cc1cc(C)c(S(=O)(=O)N2CCC(S(=O)(=O)c3ccccc3)CC2)c(C)c1. The Hall–Kier alpha value is -1.70. The van der Waals surface area contributed by atoms with Gasteiger partial charge in [0.2, 0.25) is 10.0 Å². The van der Waals surface area contributed by atoms with Crippen LogP contribution in [0.5, 0.6) is 0 Å². The Balaban J connectivity index is 1.82. The summed E-state index contributed by atoms with van der Waals surface area (Å²) >= 11 is 0. The lowest BCUT2D eigenvalue weighted by Crippen LogP contribution is -2.42. The maximum absolute atomic E-state index is 13.1. The Labute approximate surface area is 162 Å². The van der Waals surface area contributed by atoms with Crippen molar-refractivity contribution >= 4 is 19.9 Å². The highest BCUT2D eigenvalue weighted by atomic mass is 32.2. The molecule has 0 aromatic heterocycles. The van der Waals surface area contributed by atoms with Gasteiger partial charge < -0.3 is 0 Å². The number of rotatable bonds is 4. The smallest absolute Gasteiger partial charge is 0.223 e. The lowest BCUT2D eigenvalue weighted by molar-refractivity contribution is 0.345. The largest absolute Gasteiger partial charge is 0.243 e. The second-order valence-electron chi connectivity index (χ2n) is 7.19. The minimum atomic E-state index is -3.64. The van der Waals surface area contributed by atoms with E-state index in [1.807, 2.05) is 19.1 Å². The molecular weight excluding hydrogens is 382 g/mol. The van der Waals surface area contributed by atoms with Crippen LogP contribution in [0.3, 0.4) is 0 Å². The van der Waals surface area contributed by atoms with E-state index in [1.54, 1.807) is 44.2 Å². The fourth-order valence-electron chi connectivity index (χ4n) is 3.89. The summed E-state index contributed by atoms with van der Waals surface area (Å²) in [5, 5.41) is -0.549. The summed E-state index contributed by atoms with van der Waals surface area (Å²) < 4.78 is 53.3. The molecule has 0 bridgehead atoms. The summed E-state index contributed by atoms with van der Waals surface area (Å²) in [5.74, 6) is 0. The van der Waals surface area contributed by atoms with Crippen LogP contribution in [-0.2, 0) is 19.9 Å². The van der Waals surface area contributed by atoms with Crippen molar-refractivity contribution in [3.8, 4) is 0 Å². The number of sulfonamides is 1. The topological polar surface area (TPSA) is 71.5 Å². The number of hydrogen-bond acceptors (Lipinski definition) is 4. The molecule has 0 N–H and O–H groups in total. The summed E-state index contributed by atoms with van der Waals surface area (Å²) in [5.41, 5.74) is 2.48. The van der Waals surface area contributed by atoms with Crippen LogP contribution in [0.25, 0.3) is 0 Å². The van der Waals surface area contributed by atoms with Crippen molar-refractivity contribution in [1.29, 1.82) is 0 Å². The van der Waals surface area contributed by atoms with Crippen LogP contribution in [0.2, 0.25) is 0 Å². The zero-order valence-electron chi connectivity index (χ0n) is 15.8. The molecule has 1 aliphatic heterocycles. The first-order valence-electron chi connectivity index (χ1n) is 9.01. The molecule has 2 aromatic rings. The molecule has 0 spiro atoms. The number of piperidine rings is 1. The monoisotopic (exact) mass is 407 g/mol. The molecule has 0 saturated carbocycles. The number of benzene rings is 2. The van der Waals surface area contributed by atoms with Crippen LogP contribution in [-0.4, -0.2) is 39.5 Å². The lowest BCUT2D eigenvalue weighted by atomic mass is 10.1. The van der Waals surface area contributed by atoms with Gasteiger partial charge in [-0.2, -0.15) is 4.31 Å². The summed E-state index contributed by atoms with van der Waals surface area (Å²) in [6.45, 7) is 5.98. The van der Waals surface area contributed by atoms with E-state index in [0.29, 0.717) is 22.6 Å².